The molecule has 1 aliphatic heterocycles. The van der Waals surface area contributed by atoms with Crippen molar-refractivity contribution in [2.75, 3.05) is 19.7 Å². The third-order valence-electron chi connectivity index (χ3n) is 3.24. The normalized spacial score (nSPS) is 19.0. The molecule has 1 fully saturated rings. The average molecular weight is 285 g/mol. The monoisotopic (exact) mass is 285 g/mol. The van der Waals surface area contributed by atoms with Crippen LogP contribution < -0.4 is 0 Å². The predicted molar refractivity (Wildman–Crippen MR) is 76.4 cm³/mol. The number of ether oxygens (including phenoxy) is 2. The second-order valence-electron chi connectivity index (χ2n) is 6.28. The third-order valence-corrected chi connectivity index (χ3v) is 3.24. The van der Waals surface area contributed by atoms with Gasteiger partial charge in [0.1, 0.15) is 5.60 Å². The lowest BCUT2D eigenvalue weighted by Gasteiger charge is -2.24. The Balaban J connectivity index is 2.23. The van der Waals surface area contributed by atoms with E-state index in [9.17, 15) is 9.59 Å². The maximum Gasteiger partial charge on any atom is 0.410 e. The van der Waals surface area contributed by atoms with E-state index in [2.05, 4.69) is 0 Å². The minimum absolute atomic E-state index is 0.130. The first-order valence-corrected chi connectivity index (χ1v) is 7.45. The Morgan fingerprint density at radius 2 is 2.00 bits per heavy atom. The Labute approximate surface area is 121 Å². The molecule has 0 radical (unpaired) electrons. The van der Waals surface area contributed by atoms with Gasteiger partial charge in [-0.2, -0.15) is 0 Å². The highest BCUT2D eigenvalue weighted by atomic mass is 16.6. The number of amides is 1. The molecule has 0 aromatic carbocycles. The molecular formula is C15H27NO4. The summed E-state index contributed by atoms with van der Waals surface area (Å²) in [6, 6.07) is 0. The van der Waals surface area contributed by atoms with Gasteiger partial charge < -0.3 is 14.4 Å². The largest absolute Gasteiger partial charge is 0.466 e. The van der Waals surface area contributed by atoms with Gasteiger partial charge in [0.15, 0.2) is 0 Å². The highest BCUT2D eigenvalue weighted by Gasteiger charge is 2.29. The summed E-state index contributed by atoms with van der Waals surface area (Å²) in [5.74, 6) is 0.339. The van der Waals surface area contributed by atoms with Crippen molar-refractivity contribution in [3.05, 3.63) is 0 Å². The van der Waals surface area contributed by atoms with Crippen LogP contribution in [0.1, 0.15) is 53.4 Å². The Bertz CT molecular complexity index is 335. The van der Waals surface area contributed by atoms with E-state index in [4.69, 9.17) is 9.47 Å². The van der Waals surface area contributed by atoms with Crippen LogP contribution in [0.2, 0.25) is 0 Å². The molecule has 0 saturated carbocycles. The van der Waals surface area contributed by atoms with Crippen molar-refractivity contribution >= 4 is 12.1 Å². The molecular weight excluding hydrogens is 258 g/mol. The molecule has 0 aliphatic carbocycles. The van der Waals surface area contributed by atoms with Crippen molar-refractivity contribution in [2.45, 2.75) is 59.0 Å². The summed E-state index contributed by atoms with van der Waals surface area (Å²) < 4.78 is 10.3. The molecule has 0 N–H and O–H groups in total. The van der Waals surface area contributed by atoms with E-state index in [0.29, 0.717) is 18.9 Å². The lowest BCUT2D eigenvalue weighted by atomic mass is 10.0. The van der Waals surface area contributed by atoms with Crippen LogP contribution in [0.25, 0.3) is 0 Å². The molecule has 1 unspecified atom stereocenters. The number of likely N-dealkylation sites (tertiary alicyclic amines) is 1. The van der Waals surface area contributed by atoms with Crippen LogP contribution in [0.5, 0.6) is 0 Å². The van der Waals surface area contributed by atoms with E-state index >= 15 is 0 Å². The summed E-state index contributed by atoms with van der Waals surface area (Å²) in [7, 11) is 0. The van der Waals surface area contributed by atoms with Gasteiger partial charge >= 0.3 is 12.1 Å². The number of esters is 1. The van der Waals surface area contributed by atoms with E-state index in [1.165, 1.54) is 0 Å². The van der Waals surface area contributed by atoms with Crippen LogP contribution >= 0.6 is 0 Å². The molecule has 0 spiro atoms. The van der Waals surface area contributed by atoms with Crippen LogP contribution in [0.15, 0.2) is 0 Å². The van der Waals surface area contributed by atoms with E-state index in [-0.39, 0.29) is 12.1 Å². The fourth-order valence-electron chi connectivity index (χ4n) is 2.33. The van der Waals surface area contributed by atoms with Gasteiger partial charge in [0.2, 0.25) is 0 Å². The summed E-state index contributed by atoms with van der Waals surface area (Å²) in [5.41, 5.74) is -0.445. The zero-order chi connectivity index (χ0) is 15.2. The van der Waals surface area contributed by atoms with Crippen molar-refractivity contribution in [3.63, 3.8) is 0 Å². The quantitative estimate of drug-likeness (QED) is 0.729. The van der Waals surface area contributed by atoms with Crippen molar-refractivity contribution in [1.82, 2.24) is 4.90 Å². The van der Waals surface area contributed by atoms with Crippen LogP contribution in [-0.4, -0.2) is 42.3 Å². The maximum atomic E-state index is 11.9. The van der Waals surface area contributed by atoms with Crippen molar-refractivity contribution in [1.29, 1.82) is 0 Å². The number of hydrogen-bond acceptors (Lipinski definition) is 4. The summed E-state index contributed by atoms with van der Waals surface area (Å²) >= 11 is 0. The first-order valence-electron chi connectivity index (χ1n) is 7.45. The van der Waals surface area contributed by atoms with Gasteiger partial charge in [-0.1, -0.05) is 0 Å². The number of hydrogen-bond donors (Lipinski definition) is 0. The number of nitrogens with zero attached hydrogens (tertiary/aromatic N) is 1. The van der Waals surface area contributed by atoms with Gasteiger partial charge in [0.05, 0.1) is 6.61 Å². The first-order chi connectivity index (χ1) is 9.31. The number of carbonyl (C=O) groups excluding carboxylic acids is 2. The average Bonchev–Trinajstić information content (AvgIpc) is 2.76. The number of rotatable bonds is 5. The molecule has 5 heteroatoms. The Kier molecular flexibility index (Phi) is 6.30. The Morgan fingerprint density at radius 3 is 2.60 bits per heavy atom. The van der Waals surface area contributed by atoms with E-state index < -0.39 is 5.60 Å². The van der Waals surface area contributed by atoms with Gasteiger partial charge in [-0.25, -0.2) is 4.79 Å². The minimum Gasteiger partial charge on any atom is -0.466 e. The minimum atomic E-state index is -0.445. The van der Waals surface area contributed by atoms with Gasteiger partial charge in [0, 0.05) is 19.5 Å². The van der Waals surface area contributed by atoms with Crippen LogP contribution in [0.4, 0.5) is 4.79 Å². The molecule has 1 heterocycles. The molecule has 0 aromatic rings. The van der Waals surface area contributed by atoms with Crippen LogP contribution in [0.3, 0.4) is 0 Å². The summed E-state index contributed by atoms with van der Waals surface area (Å²) in [6.07, 6.45) is 3.01. The second kappa shape index (κ2) is 7.50. The lowest BCUT2D eigenvalue weighted by molar-refractivity contribution is -0.143. The molecule has 1 rings (SSSR count). The van der Waals surface area contributed by atoms with Gasteiger partial charge in [-0.3, -0.25) is 4.79 Å². The van der Waals surface area contributed by atoms with Gasteiger partial charge in [0.25, 0.3) is 0 Å². The molecule has 5 nitrogen and oxygen atoms in total. The highest BCUT2D eigenvalue weighted by Crippen LogP contribution is 2.23. The SMILES string of the molecule is CCOC(=O)CCCC1CCN(C(=O)OC(C)(C)C)C1. The Morgan fingerprint density at radius 1 is 1.30 bits per heavy atom. The lowest BCUT2D eigenvalue weighted by Crippen LogP contribution is -2.35. The van der Waals surface area contributed by atoms with Gasteiger partial charge in [-0.05, 0) is 52.9 Å². The van der Waals surface area contributed by atoms with Crippen molar-refractivity contribution < 1.29 is 19.1 Å². The zero-order valence-electron chi connectivity index (χ0n) is 13.1. The van der Waals surface area contributed by atoms with E-state index in [1.807, 2.05) is 27.7 Å². The fourth-order valence-corrected chi connectivity index (χ4v) is 2.33. The maximum absolute atomic E-state index is 11.9. The summed E-state index contributed by atoms with van der Waals surface area (Å²) in [5, 5.41) is 0. The number of carbonyl (C=O) groups is 2. The van der Waals surface area contributed by atoms with Gasteiger partial charge in [-0.15, -0.1) is 0 Å². The first kappa shape index (κ1) is 16.8. The third kappa shape index (κ3) is 6.26. The van der Waals surface area contributed by atoms with E-state index in [0.717, 1.165) is 32.4 Å². The topological polar surface area (TPSA) is 55.8 Å². The molecule has 1 saturated heterocycles. The van der Waals surface area contributed by atoms with Crippen LogP contribution in [0, 0.1) is 5.92 Å². The molecule has 116 valence electrons. The Hall–Kier alpha value is -1.26. The van der Waals surface area contributed by atoms with Crippen molar-refractivity contribution in [3.8, 4) is 0 Å². The second-order valence-corrected chi connectivity index (χ2v) is 6.28. The zero-order valence-corrected chi connectivity index (χ0v) is 13.1. The summed E-state index contributed by atoms with van der Waals surface area (Å²) in [6.45, 7) is 9.35. The molecule has 1 amide bonds. The molecule has 1 atom stereocenters. The highest BCUT2D eigenvalue weighted by molar-refractivity contribution is 5.69. The smallest absolute Gasteiger partial charge is 0.410 e. The summed E-state index contributed by atoms with van der Waals surface area (Å²) in [4.78, 5) is 24.9. The standard InChI is InChI=1S/C15H27NO4/c1-5-19-13(17)8-6-7-12-9-10-16(11-12)14(18)20-15(2,3)4/h12H,5-11H2,1-4H3. The predicted octanol–water partition coefficient (Wildman–Crippen LogP) is 2.98. The molecule has 20 heavy (non-hydrogen) atoms. The molecule has 0 aromatic heterocycles. The fraction of sp³-hybridized carbons (Fsp3) is 0.867. The van der Waals surface area contributed by atoms with Crippen LogP contribution in [-0.2, 0) is 14.3 Å². The molecule has 0 bridgehead atoms. The van der Waals surface area contributed by atoms with Crippen molar-refractivity contribution in [2.24, 2.45) is 5.92 Å². The van der Waals surface area contributed by atoms with E-state index in [1.54, 1.807) is 4.90 Å². The molecule has 1 aliphatic rings.